The maximum atomic E-state index is 6.45. The standard InChI is InChI=1S/C48H36O12/c1-25-7-37-39-9-27(25)2-29-11-41-42-12-30(29)3-28-10-40-38(8-26(1)28)50-20-54-44-14-32-4-31-13-43(53-19-49-37)45(55-21-51-39)15-33(31)5-35-17-47(59-23-57-41)48(60-24-58-42)18-36(35)6-34(32)16-46(44)56-22-52-40/h7-18H,1-6,19-24H2. The molecule has 0 N–H and O–H groups in total. The number of hydrogen-bond donors (Lipinski definition) is 0. The first-order chi connectivity index (χ1) is 29.6. The molecule has 12 nitrogen and oxygen atoms in total. The van der Waals surface area contributed by atoms with E-state index in [2.05, 4.69) is 0 Å². The number of hydrogen-bond acceptors (Lipinski definition) is 12. The average Bonchev–Trinajstić information content (AvgIpc) is 3.33. The van der Waals surface area contributed by atoms with Gasteiger partial charge >= 0.3 is 0 Å². The van der Waals surface area contributed by atoms with Gasteiger partial charge in [-0.2, -0.15) is 0 Å². The predicted octanol–water partition coefficient (Wildman–Crippen LogP) is 7.92. The first kappa shape index (κ1) is 33.8. The lowest BCUT2D eigenvalue weighted by Crippen LogP contribution is -2.16. The lowest BCUT2D eigenvalue weighted by atomic mass is 9.94. The number of benzene rings is 6. The molecule has 300 valence electrons. The molecule has 0 fully saturated rings. The second-order valence-electron chi connectivity index (χ2n) is 15.9. The van der Waals surface area contributed by atoms with Gasteiger partial charge in [0.15, 0.2) is 69.0 Å². The minimum Gasteiger partial charge on any atom is -0.454 e. The van der Waals surface area contributed by atoms with Crippen molar-refractivity contribution >= 4 is 0 Å². The molecule has 0 spiro atoms. The van der Waals surface area contributed by atoms with Gasteiger partial charge in [0.25, 0.3) is 0 Å². The maximum absolute atomic E-state index is 6.45. The Morgan fingerprint density at radius 1 is 0.167 bits per heavy atom. The van der Waals surface area contributed by atoms with Crippen molar-refractivity contribution in [1.82, 2.24) is 0 Å². The molecule has 0 unspecified atom stereocenters. The molecule has 0 radical (unpaired) electrons. The fourth-order valence-electron chi connectivity index (χ4n) is 9.36. The second kappa shape index (κ2) is 13.2. The largest absolute Gasteiger partial charge is 0.454 e. The van der Waals surface area contributed by atoms with E-state index in [0.29, 0.717) is 108 Å². The van der Waals surface area contributed by atoms with E-state index in [0.717, 1.165) is 66.8 Å². The topological polar surface area (TPSA) is 111 Å². The Balaban J connectivity index is 1.13. The van der Waals surface area contributed by atoms with Crippen LogP contribution in [0.2, 0.25) is 0 Å². The zero-order chi connectivity index (χ0) is 39.3. The third kappa shape index (κ3) is 5.72. The SMILES string of the molecule is c1c2c3cc4c1OCOc1cc5c(cc1OCO4)Cc1cc4c6cc1Cc1cc7c(cc1C5)OCOc1cc(c(cc1OCO7)Cc1cc(c(cc1C3)OCO4)OCO6)C2. The van der Waals surface area contributed by atoms with Gasteiger partial charge in [-0.3, -0.25) is 0 Å². The first-order valence-electron chi connectivity index (χ1n) is 20.1. The molecule has 0 aromatic heterocycles. The highest BCUT2D eigenvalue weighted by atomic mass is 16.7. The molecule has 0 bridgehead atoms. The molecule has 0 saturated heterocycles. The molecular weight excluding hydrogens is 769 g/mol. The van der Waals surface area contributed by atoms with Gasteiger partial charge in [0.05, 0.1) is 0 Å². The minimum absolute atomic E-state index is 0.0620. The molecule has 5 aliphatic rings. The quantitative estimate of drug-likeness (QED) is 0.149. The van der Waals surface area contributed by atoms with Crippen molar-refractivity contribution in [3.05, 3.63) is 140 Å². The zero-order valence-electron chi connectivity index (χ0n) is 32.3. The average molecular weight is 805 g/mol. The smallest absolute Gasteiger partial charge is 0.231 e. The first-order valence-corrected chi connectivity index (χ1v) is 20.1. The highest BCUT2D eigenvalue weighted by molar-refractivity contribution is 5.61. The summed E-state index contributed by atoms with van der Waals surface area (Å²) < 4.78 is 77.4. The summed E-state index contributed by atoms with van der Waals surface area (Å²) >= 11 is 0. The van der Waals surface area contributed by atoms with Gasteiger partial charge in [0, 0.05) is 0 Å². The van der Waals surface area contributed by atoms with Crippen molar-refractivity contribution in [3.63, 3.8) is 0 Å². The van der Waals surface area contributed by atoms with Gasteiger partial charge in [-0.15, -0.1) is 0 Å². The Morgan fingerprint density at radius 2 is 0.267 bits per heavy atom. The molecular formula is C48H36O12. The van der Waals surface area contributed by atoms with Gasteiger partial charge in [0.1, 0.15) is 0 Å². The summed E-state index contributed by atoms with van der Waals surface area (Å²) in [6.45, 7) is -0.372. The summed E-state index contributed by atoms with van der Waals surface area (Å²) in [5, 5.41) is 0. The summed E-state index contributed by atoms with van der Waals surface area (Å²) in [5.74, 6) is 6.60. The molecule has 0 amide bonds. The van der Waals surface area contributed by atoms with Crippen molar-refractivity contribution in [1.29, 1.82) is 0 Å². The molecule has 3 heterocycles. The van der Waals surface area contributed by atoms with Crippen LogP contribution in [0.15, 0.2) is 72.8 Å². The van der Waals surface area contributed by atoms with Crippen LogP contribution in [-0.4, -0.2) is 40.8 Å². The van der Waals surface area contributed by atoms with Crippen LogP contribution < -0.4 is 56.8 Å². The monoisotopic (exact) mass is 804 g/mol. The minimum atomic E-state index is -0.0620. The summed E-state index contributed by atoms with van der Waals surface area (Å²) in [6, 6.07) is 24.6. The van der Waals surface area contributed by atoms with Gasteiger partial charge in [0.2, 0.25) is 40.8 Å². The van der Waals surface area contributed by atoms with Crippen LogP contribution in [0.4, 0.5) is 0 Å². The number of fused-ring (bicyclic) bond motifs is 12. The van der Waals surface area contributed by atoms with E-state index >= 15 is 0 Å². The van der Waals surface area contributed by atoms with E-state index in [1.807, 2.05) is 72.8 Å². The second-order valence-corrected chi connectivity index (χ2v) is 15.9. The fraction of sp³-hybridized carbons (Fsp3) is 0.250. The summed E-state index contributed by atoms with van der Waals surface area (Å²) in [4.78, 5) is 0. The van der Waals surface area contributed by atoms with Crippen LogP contribution in [0, 0.1) is 0 Å². The third-order valence-corrected chi connectivity index (χ3v) is 12.5. The van der Waals surface area contributed by atoms with Crippen LogP contribution in [0.5, 0.6) is 69.0 Å². The van der Waals surface area contributed by atoms with Crippen molar-refractivity contribution in [3.8, 4) is 69.0 Å². The zero-order valence-corrected chi connectivity index (χ0v) is 32.3. The molecule has 2 aliphatic carbocycles. The Hall–Kier alpha value is -7.08. The Labute approximate surface area is 343 Å². The lowest BCUT2D eigenvalue weighted by molar-refractivity contribution is 0.0718. The van der Waals surface area contributed by atoms with Crippen LogP contribution in [0.3, 0.4) is 0 Å². The summed E-state index contributed by atoms with van der Waals surface area (Å²) in [7, 11) is 0. The Morgan fingerprint density at radius 3 is 0.367 bits per heavy atom. The molecule has 0 saturated carbocycles. The molecule has 0 atom stereocenters. The van der Waals surface area contributed by atoms with E-state index < -0.39 is 0 Å². The van der Waals surface area contributed by atoms with Crippen LogP contribution in [-0.2, 0) is 38.5 Å². The number of rotatable bonds is 0. The maximum Gasteiger partial charge on any atom is 0.231 e. The van der Waals surface area contributed by atoms with Crippen molar-refractivity contribution in [2.75, 3.05) is 40.8 Å². The summed E-state index contributed by atoms with van der Waals surface area (Å²) in [6.07, 6.45) is 3.34. The highest BCUT2D eigenvalue weighted by Crippen LogP contribution is 2.46. The van der Waals surface area contributed by atoms with Crippen LogP contribution in [0.1, 0.15) is 66.8 Å². The van der Waals surface area contributed by atoms with E-state index in [-0.39, 0.29) is 40.8 Å². The molecule has 6 aromatic rings. The predicted molar refractivity (Wildman–Crippen MR) is 212 cm³/mol. The Bertz CT molecular complexity index is 2140. The van der Waals surface area contributed by atoms with Crippen LogP contribution >= 0.6 is 0 Å². The molecule has 12 heteroatoms. The van der Waals surface area contributed by atoms with E-state index in [1.165, 1.54) is 0 Å². The van der Waals surface area contributed by atoms with Gasteiger partial charge in [-0.1, -0.05) is 0 Å². The van der Waals surface area contributed by atoms with Crippen molar-refractivity contribution < 1.29 is 56.8 Å². The molecule has 6 aromatic carbocycles. The van der Waals surface area contributed by atoms with Gasteiger partial charge in [-0.25, -0.2) is 0 Å². The molecule has 60 heavy (non-hydrogen) atoms. The van der Waals surface area contributed by atoms with Crippen LogP contribution in [0.25, 0.3) is 0 Å². The Kier molecular flexibility index (Phi) is 7.46. The van der Waals surface area contributed by atoms with Gasteiger partial charge in [-0.05, 0) is 178 Å². The summed E-state index contributed by atoms with van der Waals surface area (Å²) in [5.41, 5.74) is 12.5. The van der Waals surface area contributed by atoms with Gasteiger partial charge < -0.3 is 56.8 Å². The normalized spacial score (nSPS) is 16.8. The fourth-order valence-corrected chi connectivity index (χ4v) is 9.36. The van der Waals surface area contributed by atoms with Crippen molar-refractivity contribution in [2.45, 2.75) is 38.5 Å². The lowest BCUT2D eigenvalue weighted by Gasteiger charge is -2.23. The molecule has 11 rings (SSSR count). The van der Waals surface area contributed by atoms with E-state index in [4.69, 9.17) is 56.8 Å². The number of ether oxygens (including phenoxy) is 12. The molecule has 3 aliphatic heterocycles. The highest BCUT2D eigenvalue weighted by Gasteiger charge is 2.28. The third-order valence-electron chi connectivity index (χ3n) is 12.5. The van der Waals surface area contributed by atoms with E-state index in [1.54, 1.807) is 0 Å². The van der Waals surface area contributed by atoms with Crippen molar-refractivity contribution in [2.24, 2.45) is 0 Å². The van der Waals surface area contributed by atoms with E-state index in [9.17, 15) is 0 Å².